The standard InChI is InChI=1S/C8H11ClN6OS/c9-5-4-13-8(17-5)6(7(10)16)12-2-1-3-14-15-11/h4,6,12H,1-3H2,(H2,10,16). The van der Waals surface area contributed by atoms with E-state index < -0.39 is 11.9 Å². The smallest absolute Gasteiger partial charge is 0.241 e. The van der Waals surface area contributed by atoms with Gasteiger partial charge in [0.15, 0.2) is 0 Å². The molecule has 0 saturated heterocycles. The highest BCUT2D eigenvalue weighted by molar-refractivity contribution is 7.16. The van der Waals surface area contributed by atoms with E-state index in [9.17, 15) is 4.79 Å². The number of amides is 1. The monoisotopic (exact) mass is 274 g/mol. The van der Waals surface area contributed by atoms with Crippen LogP contribution in [0.3, 0.4) is 0 Å². The van der Waals surface area contributed by atoms with Gasteiger partial charge in [-0.15, -0.1) is 11.3 Å². The first kappa shape index (κ1) is 13.7. The summed E-state index contributed by atoms with van der Waals surface area (Å²) in [5.74, 6) is -0.514. The molecule has 1 heterocycles. The Morgan fingerprint density at radius 3 is 3.12 bits per heavy atom. The van der Waals surface area contributed by atoms with Gasteiger partial charge in [0.1, 0.15) is 15.4 Å². The van der Waals surface area contributed by atoms with Crippen LogP contribution in [0.1, 0.15) is 17.5 Å². The van der Waals surface area contributed by atoms with Crippen molar-refractivity contribution in [2.75, 3.05) is 13.1 Å². The average Bonchev–Trinajstić information content (AvgIpc) is 2.69. The fourth-order valence-corrected chi connectivity index (χ4v) is 2.16. The first-order valence-electron chi connectivity index (χ1n) is 4.80. The summed E-state index contributed by atoms with van der Waals surface area (Å²) in [6.45, 7) is 0.872. The molecule has 17 heavy (non-hydrogen) atoms. The molecule has 0 saturated carbocycles. The number of carbonyl (C=O) groups excluding carboxylic acids is 1. The third-order valence-electron chi connectivity index (χ3n) is 1.87. The lowest BCUT2D eigenvalue weighted by Gasteiger charge is -2.11. The molecule has 0 fully saturated rings. The molecular weight excluding hydrogens is 264 g/mol. The molecule has 9 heteroatoms. The van der Waals surface area contributed by atoms with Crippen molar-refractivity contribution in [3.05, 3.63) is 26.0 Å². The fraction of sp³-hybridized carbons (Fsp3) is 0.500. The van der Waals surface area contributed by atoms with Crippen molar-refractivity contribution in [3.8, 4) is 0 Å². The SMILES string of the molecule is [N-]=[N+]=NCCCNC(C(N)=O)c1ncc(Cl)s1. The van der Waals surface area contributed by atoms with E-state index >= 15 is 0 Å². The largest absolute Gasteiger partial charge is 0.368 e. The minimum atomic E-state index is -0.654. The van der Waals surface area contributed by atoms with Crippen molar-refractivity contribution in [2.24, 2.45) is 10.8 Å². The molecule has 0 aliphatic heterocycles. The Hall–Kier alpha value is -1.34. The maximum Gasteiger partial charge on any atom is 0.241 e. The van der Waals surface area contributed by atoms with E-state index in [1.807, 2.05) is 0 Å². The molecule has 1 unspecified atom stereocenters. The number of halogens is 1. The summed E-state index contributed by atoms with van der Waals surface area (Å²) in [4.78, 5) is 17.9. The van der Waals surface area contributed by atoms with Crippen LogP contribution in [-0.2, 0) is 4.79 Å². The molecule has 92 valence electrons. The van der Waals surface area contributed by atoms with Crippen LogP contribution in [0.4, 0.5) is 0 Å². The number of carbonyl (C=O) groups is 1. The Morgan fingerprint density at radius 2 is 2.59 bits per heavy atom. The topological polar surface area (TPSA) is 117 Å². The van der Waals surface area contributed by atoms with Gasteiger partial charge in [-0.2, -0.15) is 0 Å². The molecule has 3 N–H and O–H groups in total. The Morgan fingerprint density at radius 1 is 1.82 bits per heavy atom. The number of nitrogens with zero attached hydrogens (tertiary/aromatic N) is 4. The molecule has 1 amide bonds. The predicted octanol–water partition coefficient (Wildman–Crippen LogP) is 1.61. The Kier molecular flexibility index (Phi) is 5.71. The lowest BCUT2D eigenvalue weighted by Crippen LogP contribution is -2.34. The zero-order valence-electron chi connectivity index (χ0n) is 8.84. The summed E-state index contributed by atoms with van der Waals surface area (Å²) in [7, 11) is 0. The van der Waals surface area contributed by atoms with Crippen LogP contribution >= 0.6 is 22.9 Å². The highest BCUT2D eigenvalue weighted by Crippen LogP contribution is 2.23. The Labute approximate surface area is 107 Å². The van der Waals surface area contributed by atoms with Crippen LogP contribution in [0, 0.1) is 0 Å². The quantitative estimate of drug-likeness (QED) is 0.340. The number of azide groups is 1. The molecule has 0 bridgehead atoms. The summed E-state index contributed by atoms with van der Waals surface area (Å²) >= 11 is 6.93. The zero-order chi connectivity index (χ0) is 12.7. The maximum absolute atomic E-state index is 11.2. The van der Waals surface area contributed by atoms with Crippen LogP contribution in [0.15, 0.2) is 11.3 Å². The third kappa shape index (κ3) is 4.58. The number of hydrogen-bond donors (Lipinski definition) is 2. The van der Waals surface area contributed by atoms with Crippen molar-refractivity contribution in [1.29, 1.82) is 0 Å². The van der Waals surface area contributed by atoms with Gasteiger partial charge >= 0.3 is 0 Å². The molecule has 0 spiro atoms. The predicted molar refractivity (Wildman–Crippen MR) is 65.7 cm³/mol. The molecule has 0 radical (unpaired) electrons. The molecule has 1 rings (SSSR count). The van der Waals surface area contributed by atoms with E-state index in [1.165, 1.54) is 17.5 Å². The van der Waals surface area contributed by atoms with Gasteiger partial charge in [0.25, 0.3) is 0 Å². The number of hydrogen-bond acceptors (Lipinski definition) is 5. The second-order valence-corrected chi connectivity index (χ2v) is 4.79. The van der Waals surface area contributed by atoms with Gasteiger partial charge in [-0.1, -0.05) is 16.7 Å². The highest BCUT2D eigenvalue weighted by atomic mass is 35.5. The Balaban J connectivity index is 2.50. The summed E-state index contributed by atoms with van der Waals surface area (Å²) in [5, 5.41) is 6.85. The normalized spacial score (nSPS) is 11.8. The van der Waals surface area contributed by atoms with Gasteiger partial charge in [0.05, 0.1) is 6.20 Å². The fourth-order valence-electron chi connectivity index (χ4n) is 1.15. The maximum atomic E-state index is 11.2. The number of rotatable bonds is 7. The highest BCUT2D eigenvalue weighted by Gasteiger charge is 2.20. The average molecular weight is 275 g/mol. The summed E-state index contributed by atoms with van der Waals surface area (Å²) in [5.41, 5.74) is 13.3. The molecule has 1 atom stereocenters. The molecule has 7 nitrogen and oxygen atoms in total. The van der Waals surface area contributed by atoms with Gasteiger partial charge in [0.2, 0.25) is 5.91 Å². The molecule has 0 aliphatic carbocycles. The number of aromatic nitrogens is 1. The number of primary amides is 1. The number of thiazole rings is 1. The van der Waals surface area contributed by atoms with E-state index in [1.54, 1.807) is 0 Å². The van der Waals surface area contributed by atoms with Crippen molar-refractivity contribution in [2.45, 2.75) is 12.5 Å². The molecular formula is C8H11ClN6OS. The van der Waals surface area contributed by atoms with E-state index in [4.69, 9.17) is 22.9 Å². The molecule has 1 aromatic rings. The van der Waals surface area contributed by atoms with Gasteiger partial charge in [-0.05, 0) is 18.5 Å². The van der Waals surface area contributed by atoms with Crippen LogP contribution in [0.5, 0.6) is 0 Å². The van der Waals surface area contributed by atoms with Crippen LogP contribution < -0.4 is 11.1 Å². The second-order valence-electron chi connectivity index (χ2n) is 3.10. The van der Waals surface area contributed by atoms with Gasteiger partial charge in [0, 0.05) is 11.5 Å². The van der Waals surface area contributed by atoms with Crippen LogP contribution in [-0.4, -0.2) is 24.0 Å². The van der Waals surface area contributed by atoms with Crippen molar-refractivity contribution in [3.63, 3.8) is 0 Å². The minimum Gasteiger partial charge on any atom is -0.368 e. The molecule has 0 aromatic carbocycles. The Bertz CT molecular complexity index is 429. The van der Waals surface area contributed by atoms with Gasteiger partial charge in [-0.25, -0.2) is 4.98 Å². The lowest BCUT2D eigenvalue weighted by molar-refractivity contribution is -0.120. The van der Waals surface area contributed by atoms with Crippen LogP contribution in [0.2, 0.25) is 4.34 Å². The van der Waals surface area contributed by atoms with Crippen molar-refractivity contribution in [1.82, 2.24) is 10.3 Å². The van der Waals surface area contributed by atoms with E-state index in [0.717, 1.165) is 0 Å². The molecule has 1 aromatic heterocycles. The summed E-state index contributed by atoms with van der Waals surface area (Å²) < 4.78 is 0.502. The summed E-state index contributed by atoms with van der Waals surface area (Å²) in [6, 6.07) is -0.654. The third-order valence-corrected chi connectivity index (χ3v) is 3.05. The van der Waals surface area contributed by atoms with Gasteiger partial charge in [-0.3, -0.25) is 4.79 Å². The first-order valence-corrected chi connectivity index (χ1v) is 5.99. The van der Waals surface area contributed by atoms with E-state index in [0.29, 0.717) is 28.9 Å². The zero-order valence-corrected chi connectivity index (χ0v) is 10.4. The van der Waals surface area contributed by atoms with Gasteiger partial charge < -0.3 is 11.1 Å². The van der Waals surface area contributed by atoms with Crippen molar-refractivity contribution < 1.29 is 4.79 Å². The van der Waals surface area contributed by atoms with E-state index in [2.05, 4.69) is 20.3 Å². The summed E-state index contributed by atoms with van der Waals surface area (Å²) in [6.07, 6.45) is 2.09. The number of nitrogens with two attached hydrogens (primary N) is 1. The van der Waals surface area contributed by atoms with Crippen molar-refractivity contribution >= 4 is 28.8 Å². The minimum absolute atomic E-state index is 0.369. The molecule has 0 aliphatic rings. The van der Waals surface area contributed by atoms with E-state index in [-0.39, 0.29) is 0 Å². The number of nitrogens with one attached hydrogen (secondary N) is 1. The second kappa shape index (κ2) is 7.08. The lowest BCUT2D eigenvalue weighted by atomic mass is 10.3. The first-order chi connectivity index (χ1) is 8.15. The van der Waals surface area contributed by atoms with Crippen LogP contribution in [0.25, 0.3) is 10.4 Å².